The molecule has 0 saturated carbocycles. The van der Waals surface area contributed by atoms with Gasteiger partial charge in [-0.2, -0.15) is 4.68 Å². The molecule has 21 heavy (non-hydrogen) atoms. The van der Waals surface area contributed by atoms with E-state index in [1.165, 1.54) is 4.68 Å². The van der Waals surface area contributed by atoms with Crippen LogP contribution in [0, 0.1) is 0 Å². The molecule has 5 nitrogen and oxygen atoms in total. The molecule has 0 aliphatic heterocycles. The zero-order valence-corrected chi connectivity index (χ0v) is 13.6. The molecule has 0 fully saturated rings. The summed E-state index contributed by atoms with van der Waals surface area (Å²) in [5.41, 5.74) is 7.66. The van der Waals surface area contributed by atoms with E-state index in [2.05, 4.69) is 31.5 Å². The van der Waals surface area contributed by atoms with Crippen LogP contribution in [0.2, 0.25) is 10.0 Å². The van der Waals surface area contributed by atoms with Gasteiger partial charge in [-0.25, -0.2) is 0 Å². The summed E-state index contributed by atoms with van der Waals surface area (Å²) in [6, 6.07) is 10.6. The van der Waals surface area contributed by atoms with Crippen LogP contribution in [0.3, 0.4) is 0 Å². The van der Waals surface area contributed by atoms with Gasteiger partial charge >= 0.3 is 0 Å². The lowest BCUT2D eigenvalue weighted by molar-refractivity contribution is 0.791. The van der Waals surface area contributed by atoms with Crippen molar-refractivity contribution in [2.45, 2.75) is 0 Å². The van der Waals surface area contributed by atoms with E-state index in [1.54, 1.807) is 24.3 Å². The van der Waals surface area contributed by atoms with Crippen molar-refractivity contribution in [2.75, 3.05) is 5.73 Å². The highest BCUT2D eigenvalue weighted by Gasteiger charge is 2.16. The Bertz CT molecular complexity index is 752. The molecule has 2 N–H and O–H groups in total. The van der Waals surface area contributed by atoms with E-state index in [1.807, 2.05) is 12.1 Å². The highest BCUT2D eigenvalue weighted by Crippen LogP contribution is 2.31. The number of tetrazole rings is 1. The largest absolute Gasteiger partial charge is 0.399 e. The maximum absolute atomic E-state index is 6.22. The van der Waals surface area contributed by atoms with Gasteiger partial charge in [0.15, 0.2) is 5.82 Å². The van der Waals surface area contributed by atoms with E-state index in [0.717, 1.165) is 4.47 Å². The van der Waals surface area contributed by atoms with Gasteiger partial charge in [0, 0.05) is 15.7 Å². The Balaban J connectivity index is 2.22. The molecule has 0 aliphatic carbocycles. The van der Waals surface area contributed by atoms with E-state index < -0.39 is 0 Å². The number of hydrogen-bond acceptors (Lipinski definition) is 4. The van der Waals surface area contributed by atoms with Crippen LogP contribution in [0.15, 0.2) is 40.9 Å². The summed E-state index contributed by atoms with van der Waals surface area (Å²) in [4.78, 5) is 0. The fourth-order valence-corrected chi connectivity index (χ4v) is 2.63. The highest BCUT2D eigenvalue weighted by atomic mass is 79.9. The number of anilines is 1. The van der Waals surface area contributed by atoms with Crippen LogP contribution >= 0.6 is 39.1 Å². The number of aromatic nitrogens is 4. The van der Waals surface area contributed by atoms with E-state index in [4.69, 9.17) is 28.9 Å². The zero-order chi connectivity index (χ0) is 15.0. The number of nitrogens with two attached hydrogens (primary N) is 1. The van der Waals surface area contributed by atoms with Crippen LogP contribution in [0.25, 0.3) is 17.1 Å². The fourth-order valence-electron chi connectivity index (χ4n) is 1.88. The Morgan fingerprint density at radius 3 is 2.62 bits per heavy atom. The number of nitrogens with zero attached hydrogens (tertiary/aromatic N) is 4. The second kappa shape index (κ2) is 5.63. The maximum atomic E-state index is 6.22. The normalized spacial score (nSPS) is 10.8. The summed E-state index contributed by atoms with van der Waals surface area (Å²) in [7, 11) is 0. The van der Waals surface area contributed by atoms with Crippen molar-refractivity contribution in [1.82, 2.24) is 20.2 Å². The molecule has 8 heteroatoms. The van der Waals surface area contributed by atoms with Crippen molar-refractivity contribution in [1.29, 1.82) is 0 Å². The number of nitrogen functional groups attached to an aromatic ring is 1. The molecule has 0 aliphatic rings. The number of rotatable bonds is 2. The fraction of sp³-hybridized carbons (Fsp3) is 0. The van der Waals surface area contributed by atoms with Gasteiger partial charge in [0.25, 0.3) is 0 Å². The van der Waals surface area contributed by atoms with Crippen molar-refractivity contribution in [2.24, 2.45) is 0 Å². The van der Waals surface area contributed by atoms with Crippen molar-refractivity contribution in [3.63, 3.8) is 0 Å². The summed E-state index contributed by atoms with van der Waals surface area (Å²) < 4.78 is 2.38. The van der Waals surface area contributed by atoms with E-state index >= 15 is 0 Å². The van der Waals surface area contributed by atoms with Gasteiger partial charge in [0.2, 0.25) is 0 Å². The molecule has 106 valence electrons. The van der Waals surface area contributed by atoms with E-state index in [9.17, 15) is 0 Å². The van der Waals surface area contributed by atoms with Gasteiger partial charge in [-0.05, 0) is 46.8 Å². The summed E-state index contributed by atoms with van der Waals surface area (Å²) in [5, 5.41) is 12.7. The molecule has 2 aromatic carbocycles. The Hall–Kier alpha value is -1.63. The topological polar surface area (TPSA) is 69.6 Å². The van der Waals surface area contributed by atoms with Gasteiger partial charge < -0.3 is 5.73 Å². The van der Waals surface area contributed by atoms with Crippen molar-refractivity contribution in [3.8, 4) is 17.1 Å². The minimum atomic E-state index is 0.465. The second-order valence-electron chi connectivity index (χ2n) is 4.25. The third kappa shape index (κ3) is 2.74. The standard InChI is InChI=1S/C13H8BrCl2N5/c14-7-1-3-11(16)12(5-7)21-13(18-19-20-21)9-6-8(17)2-4-10(9)15/h1-6H,17H2. The minimum Gasteiger partial charge on any atom is -0.399 e. The molecule has 0 atom stereocenters. The van der Waals surface area contributed by atoms with Crippen LogP contribution < -0.4 is 5.73 Å². The number of halogens is 3. The summed E-state index contributed by atoms with van der Waals surface area (Å²) in [6.45, 7) is 0. The molecule has 3 rings (SSSR count). The molecular formula is C13H8BrCl2N5. The molecule has 1 heterocycles. The van der Waals surface area contributed by atoms with Gasteiger partial charge in [-0.1, -0.05) is 39.1 Å². The number of benzene rings is 2. The van der Waals surface area contributed by atoms with Crippen LogP contribution in [-0.4, -0.2) is 20.2 Å². The van der Waals surface area contributed by atoms with Crippen LogP contribution in [0.4, 0.5) is 5.69 Å². The molecular weight excluding hydrogens is 377 g/mol. The van der Waals surface area contributed by atoms with Crippen LogP contribution in [0.1, 0.15) is 0 Å². The molecule has 0 amide bonds. The molecule has 0 spiro atoms. The molecule has 3 aromatic rings. The summed E-state index contributed by atoms with van der Waals surface area (Å²) in [6.07, 6.45) is 0. The molecule has 0 bridgehead atoms. The average molecular weight is 385 g/mol. The molecule has 0 saturated heterocycles. The summed E-state index contributed by atoms with van der Waals surface area (Å²) in [5.74, 6) is 0.465. The summed E-state index contributed by atoms with van der Waals surface area (Å²) >= 11 is 15.8. The van der Waals surface area contributed by atoms with Gasteiger partial charge in [0.05, 0.1) is 15.7 Å². The van der Waals surface area contributed by atoms with Crippen LogP contribution in [0.5, 0.6) is 0 Å². The lowest BCUT2D eigenvalue weighted by Crippen LogP contribution is -2.01. The second-order valence-corrected chi connectivity index (χ2v) is 5.98. The van der Waals surface area contributed by atoms with Gasteiger partial charge in [0.1, 0.15) is 0 Å². The first-order valence-electron chi connectivity index (χ1n) is 5.85. The third-order valence-corrected chi connectivity index (χ3v) is 3.98. The van der Waals surface area contributed by atoms with Crippen molar-refractivity contribution in [3.05, 3.63) is 50.9 Å². The monoisotopic (exact) mass is 383 g/mol. The molecule has 1 aromatic heterocycles. The maximum Gasteiger partial charge on any atom is 0.188 e. The predicted octanol–water partition coefficient (Wildman–Crippen LogP) is 3.98. The average Bonchev–Trinajstić information content (AvgIpc) is 2.93. The first-order chi connectivity index (χ1) is 10.1. The van der Waals surface area contributed by atoms with Crippen molar-refractivity contribution >= 4 is 44.8 Å². The lowest BCUT2D eigenvalue weighted by atomic mass is 10.2. The first-order valence-corrected chi connectivity index (χ1v) is 7.40. The van der Waals surface area contributed by atoms with Gasteiger partial charge in [-0.15, -0.1) is 5.10 Å². The smallest absolute Gasteiger partial charge is 0.188 e. The SMILES string of the molecule is Nc1ccc(Cl)c(-c2nnnn2-c2cc(Br)ccc2Cl)c1. The molecule has 0 unspecified atom stereocenters. The highest BCUT2D eigenvalue weighted by molar-refractivity contribution is 9.10. The Morgan fingerprint density at radius 2 is 1.81 bits per heavy atom. The Morgan fingerprint density at radius 1 is 1.05 bits per heavy atom. The molecule has 0 radical (unpaired) electrons. The minimum absolute atomic E-state index is 0.465. The van der Waals surface area contributed by atoms with Crippen LogP contribution in [-0.2, 0) is 0 Å². The Labute approximate surface area is 138 Å². The Kier molecular flexibility index (Phi) is 3.84. The predicted molar refractivity (Wildman–Crippen MR) is 86.7 cm³/mol. The number of hydrogen-bond donors (Lipinski definition) is 1. The van der Waals surface area contributed by atoms with E-state index in [-0.39, 0.29) is 0 Å². The lowest BCUT2D eigenvalue weighted by Gasteiger charge is -2.09. The van der Waals surface area contributed by atoms with E-state index in [0.29, 0.717) is 32.8 Å². The first kappa shape index (κ1) is 14.3. The van der Waals surface area contributed by atoms with Crippen molar-refractivity contribution < 1.29 is 0 Å². The quantitative estimate of drug-likeness (QED) is 0.678. The van der Waals surface area contributed by atoms with Gasteiger partial charge in [-0.3, -0.25) is 0 Å². The third-order valence-electron chi connectivity index (χ3n) is 2.84. The zero-order valence-electron chi connectivity index (χ0n) is 10.5.